The summed E-state index contributed by atoms with van der Waals surface area (Å²) in [4.78, 5) is 3.79. The maximum absolute atomic E-state index is 3.92. The largest absolute Gasteiger partial charge is 0.269 e. The van der Waals surface area contributed by atoms with Gasteiger partial charge in [0.05, 0.1) is 0 Å². The molecule has 0 aliphatic rings. The molecule has 0 aliphatic carbocycles. The number of aliphatic imine (C=N–C) groups is 1. The summed E-state index contributed by atoms with van der Waals surface area (Å²) in [5.74, 6) is 0.663. The molecule has 1 nitrogen and oxygen atoms in total. The third kappa shape index (κ3) is 5.59. The Kier molecular flexibility index (Phi) is 4.51. The average molecular weight is 151 g/mol. The second-order valence-corrected chi connectivity index (χ2v) is 3.20. The third-order valence-corrected chi connectivity index (χ3v) is 1.33. The van der Waals surface area contributed by atoms with Gasteiger partial charge in [0.15, 0.2) is 0 Å². The van der Waals surface area contributed by atoms with Gasteiger partial charge in [-0.2, -0.15) is 0 Å². The van der Waals surface area contributed by atoms with Crippen LogP contribution in [-0.4, -0.2) is 6.72 Å². The molecule has 0 bridgehead atoms. The molecule has 0 aromatic heterocycles. The maximum atomic E-state index is 3.92. The standard InChI is InChI=1S/C10H17N/c1-8(2)6-9(3)7-10(4)11-5/h7-8H,3,5-6H2,1-2,4H3/b10-7+. The van der Waals surface area contributed by atoms with Crippen molar-refractivity contribution in [3.05, 3.63) is 23.9 Å². The van der Waals surface area contributed by atoms with Crippen molar-refractivity contribution in [3.63, 3.8) is 0 Å². The van der Waals surface area contributed by atoms with Gasteiger partial charge in [-0.15, -0.1) is 0 Å². The first-order chi connectivity index (χ1) is 5.06. The SMILES string of the molecule is C=N/C(C)=C/C(=C)CC(C)C. The Balaban J connectivity index is 3.96. The number of rotatable bonds is 4. The second-order valence-electron chi connectivity index (χ2n) is 3.20. The van der Waals surface area contributed by atoms with Gasteiger partial charge in [-0.25, -0.2) is 0 Å². The Bertz CT molecular complexity index is 175. The van der Waals surface area contributed by atoms with Gasteiger partial charge >= 0.3 is 0 Å². The molecule has 0 aromatic rings. The summed E-state index contributed by atoms with van der Waals surface area (Å²) in [6, 6.07) is 0. The number of hydrogen-bond donors (Lipinski definition) is 0. The summed E-state index contributed by atoms with van der Waals surface area (Å²) < 4.78 is 0. The molecule has 0 atom stereocenters. The smallest absolute Gasteiger partial charge is 0.0367 e. The lowest BCUT2D eigenvalue weighted by molar-refractivity contribution is 0.650. The van der Waals surface area contributed by atoms with Crippen LogP contribution in [-0.2, 0) is 0 Å². The van der Waals surface area contributed by atoms with E-state index in [2.05, 4.69) is 32.1 Å². The van der Waals surface area contributed by atoms with Crippen molar-refractivity contribution in [2.45, 2.75) is 27.2 Å². The first-order valence-electron chi connectivity index (χ1n) is 3.89. The highest BCUT2D eigenvalue weighted by Crippen LogP contribution is 2.11. The zero-order chi connectivity index (χ0) is 8.85. The van der Waals surface area contributed by atoms with Crippen LogP contribution >= 0.6 is 0 Å². The average Bonchev–Trinajstić information content (AvgIpc) is 1.85. The molecular weight excluding hydrogens is 134 g/mol. The molecule has 0 heterocycles. The molecule has 0 saturated carbocycles. The third-order valence-electron chi connectivity index (χ3n) is 1.33. The van der Waals surface area contributed by atoms with E-state index in [1.165, 1.54) is 0 Å². The van der Waals surface area contributed by atoms with Crippen LogP contribution in [0.15, 0.2) is 28.9 Å². The molecule has 1 heteroatoms. The van der Waals surface area contributed by atoms with E-state index in [1.54, 1.807) is 0 Å². The highest BCUT2D eigenvalue weighted by Gasteiger charge is 1.95. The quantitative estimate of drug-likeness (QED) is 0.432. The minimum absolute atomic E-state index is 0.663. The van der Waals surface area contributed by atoms with E-state index in [4.69, 9.17) is 0 Å². The summed E-state index contributed by atoms with van der Waals surface area (Å²) in [7, 11) is 0. The van der Waals surface area contributed by atoms with Crippen LogP contribution < -0.4 is 0 Å². The molecule has 0 aliphatic heterocycles. The molecule has 0 radical (unpaired) electrons. The van der Waals surface area contributed by atoms with Crippen molar-refractivity contribution in [3.8, 4) is 0 Å². The highest BCUT2D eigenvalue weighted by molar-refractivity contribution is 5.31. The van der Waals surface area contributed by atoms with Gasteiger partial charge in [-0.1, -0.05) is 26.0 Å². The Labute approximate surface area is 69.5 Å². The van der Waals surface area contributed by atoms with Crippen LogP contribution in [0.2, 0.25) is 0 Å². The summed E-state index contributed by atoms with van der Waals surface area (Å²) in [6.45, 7) is 13.6. The zero-order valence-electron chi connectivity index (χ0n) is 7.72. The van der Waals surface area contributed by atoms with Gasteiger partial charge in [-0.05, 0) is 32.1 Å². The first kappa shape index (κ1) is 10.2. The van der Waals surface area contributed by atoms with Crippen molar-refractivity contribution in [2.24, 2.45) is 10.9 Å². The van der Waals surface area contributed by atoms with E-state index in [1.807, 2.05) is 13.0 Å². The molecule has 0 spiro atoms. The molecule has 0 aromatic carbocycles. The van der Waals surface area contributed by atoms with Gasteiger partial charge in [0, 0.05) is 5.70 Å². The first-order valence-corrected chi connectivity index (χ1v) is 3.89. The fourth-order valence-electron chi connectivity index (χ4n) is 0.924. The molecule has 0 N–H and O–H groups in total. The van der Waals surface area contributed by atoms with Gasteiger partial charge in [0.2, 0.25) is 0 Å². The second kappa shape index (κ2) is 4.89. The normalized spacial score (nSPS) is 11.8. The predicted octanol–water partition coefficient (Wildman–Crippen LogP) is 3.19. The van der Waals surface area contributed by atoms with E-state index in [-0.39, 0.29) is 0 Å². The van der Waals surface area contributed by atoms with E-state index in [9.17, 15) is 0 Å². The van der Waals surface area contributed by atoms with Crippen molar-refractivity contribution < 1.29 is 0 Å². The number of nitrogens with zero attached hydrogens (tertiary/aromatic N) is 1. The van der Waals surface area contributed by atoms with Gasteiger partial charge in [-0.3, -0.25) is 4.99 Å². The van der Waals surface area contributed by atoms with Crippen LogP contribution in [0.1, 0.15) is 27.2 Å². The minimum Gasteiger partial charge on any atom is -0.269 e. The van der Waals surface area contributed by atoms with Crippen molar-refractivity contribution in [1.29, 1.82) is 0 Å². The van der Waals surface area contributed by atoms with E-state index >= 15 is 0 Å². The fourth-order valence-corrected chi connectivity index (χ4v) is 0.924. The van der Waals surface area contributed by atoms with E-state index in [0.29, 0.717) is 5.92 Å². The molecule has 11 heavy (non-hydrogen) atoms. The van der Waals surface area contributed by atoms with E-state index in [0.717, 1.165) is 17.7 Å². The molecule has 0 rings (SSSR count). The van der Waals surface area contributed by atoms with Crippen molar-refractivity contribution in [2.75, 3.05) is 0 Å². The van der Waals surface area contributed by atoms with E-state index < -0.39 is 0 Å². The van der Waals surface area contributed by atoms with Gasteiger partial charge < -0.3 is 0 Å². The summed E-state index contributed by atoms with van der Waals surface area (Å²) in [6.07, 6.45) is 3.01. The van der Waals surface area contributed by atoms with Crippen LogP contribution in [0, 0.1) is 5.92 Å². The van der Waals surface area contributed by atoms with Crippen LogP contribution in [0.5, 0.6) is 0 Å². The van der Waals surface area contributed by atoms with Gasteiger partial charge in [0.25, 0.3) is 0 Å². The zero-order valence-corrected chi connectivity index (χ0v) is 7.72. The molecule has 0 fully saturated rings. The molecule has 0 amide bonds. The van der Waals surface area contributed by atoms with Crippen molar-refractivity contribution in [1.82, 2.24) is 0 Å². The Morgan fingerprint density at radius 2 is 2.09 bits per heavy atom. The number of hydrogen-bond acceptors (Lipinski definition) is 1. The summed E-state index contributed by atoms with van der Waals surface area (Å²) in [5.41, 5.74) is 2.07. The lowest BCUT2D eigenvalue weighted by Crippen LogP contribution is -1.87. The molecule has 0 saturated heterocycles. The maximum Gasteiger partial charge on any atom is 0.0367 e. The Hall–Kier alpha value is -0.850. The predicted molar refractivity (Wildman–Crippen MR) is 51.9 cm³/mol. The monoisotopic (exact) mass is 151 g/mol. The fraction of sp³-hybridized carbons (Fsp3) is 0.500. The molecule has 0 unspecified atom stereocenters. The molecular formula is C10H17N. The summed E-state index contributed by atoms with van der Waals surface area (Å²) in [5, 5.41) is 0. The minimum atomic E-state index is 0.663. The Morgan fingerprint density at radius 1 is 1.55 bits per heavy atom. The highest BCUT2D eigenvalue weighted by atomic mass is 14.7. The van der Waals surface area contributed by atoms with Crippen LogP contribution in [0.3, 0.4) is 0 Å². The molecule has 62 valence electrons. The summed E-state index contributed by atoms with van der Waals surface area (Å²) >= 11 is 0. The lowest BCUT2D eigenvalue weighted by Gasteiger charge is -2.03. The van der Waals surface area contributed by atoms with Crippen LogP contribution in [0.4, 0.5) is 0 Å². The van der Waals surface area contributed by atoms with Gasteiger partial charge in [0.1, 0.15) is 0 Å². The number of allylic oxidation sites excluding steroid dienone is 3. The Morgan fingerprint density at radius 3 is 2.45 bits per heavy atom. The lowest BCUT2D eigenvalue weighted by atomic mass is 10.0. The van der Waals surface area contributed by atoms with Crippen LogP contribution in [0.25, 0.3) is 0 Å². The van der Waals surface area contributed by atoms with Crippen molar-refractivity contribution >= 4 is 6.72 Å². The topological polar surface area (TPSA) is 12.4 Å².